The van der Waals surface area contributed by atoms with Crippen LogP contribution in [0.2, 0.25) is 5.02 Å². The van der Waals surface area contributed by atoms with Crippen LogP contribution in [0.1, 0.15) is 41.3 Å². The molecule has 0 aliphatic rings. The maximum Gasteiger partial charge on any atom is 0.418 e. The molecule has 0 unspecified atom stereocenters. The fourth-order valence-corrected chi connectivity index (χ4v) is 3.31. The largest absolute Gasteiger partial charge is 0.418 e. The summed E-state index contributed by atoms with van der Waals surface area (Å²) in [5, 5.41) is 2.79. The molecule has 0 aliphatic carbocycles. The number of aromatic nitrogens is 1. The number of hydrogen-bond donors (Lipinski definition) is 1. The number of alkyl halides is 3. The van der Waals surface area contributed by atoms with Gasteiger partial charge >= 0.3 is 6.18 Å². The SMILES string of the molecule is CCCCc1ccc(NC(=O)c2ccc(-c3ncccc3C(F)(F)F)c(Cl)c2)cc1. The highest BCUT2D eigenvalue weighted by molar-refractivity contribution is 6.33. The molecular formula is C23H20ClF3N2O. The van der Waals surface area contributed by atoms with Gasteiger partial charge < -0.3 is 5.32 Å². The molecule has 7 heteroatoms. The number of hydrogen-bond acceptors (Lipinski definition) is 2. The maximum atomic E-state index is 13.3. The molecule has 1 aromatic heterocycles. The molecule has 2 aromatic carbocycles. The van der Waals surface area contributed by atoms with Gasteiger partial charge in [-0.25, -0.2) is 0 Å². The fraction of sp³-hybridized carbons (Fsp3) is 0.217. The van der Waals surface area contributed by atoms with Crippen LogP contribution >= 0.6 is 11.6 Å². The number of rotatable bonds is 6. The summed E-state index contributed by atoms with van der Waals surface area (Å²) in [4.78, 5) is 16.4. The molecule has 0 aliphatic heterocycles. The predicted molar refractivity (Wildman–Crippen MR) is 113 cm³/mol. The lowest BCUT2D eigenvalue weighted by Gasteiger charge is -2.13. The molecule has 156 valence electrons. The standard InChI is InChI=1S/C23H20ClF3N2O/c1-2-3-5-15-7-10-17(11-8-15)29-22(30)16-9-12-18(20(24)14-16)21-19(23(25,26)27)6-4-13-28-21/h4,6-14H,2-3,5H2,1H3,(H,29,30). The minimum atomic E-state index is -4.56. The number of aryl methyl sites for hydroxylation is 1. The van der Waals surface area contributed by atoms with Gasteiger partial charge in [-0.3, -0.25) is 9.78 Å². The Kier molecular flexibility index (Phi) is 6.77. The second kappa shape index (κ2) is 9.30. The van der Waals surface area contributed by atoms with Gasteiger partial charge in [0, 0.05) is 23.0 Å². The Labute approximate surface area is 177 Å². The van der Waals surface area contributed by atoms with E-state index in [2.05, 4.69) is 17.2 Å². The van der Waals surface area contributed by atoms with E-state index in [1.807, 2.05) is 24.3 Å². The second-order valence-corrected chi connectivity index (χ2v) is 7.25. The molecule has 0 saturated carbocycles. The van der Waals surface area contributed by atoms with Gasteiger partial charge in [-0.2, -0.15) is 13.2 Å². The van der Waals surface area contributed by atoms with Crippen molar-refractivity contribution in [3.05, 3.63) is 82.5 Å². The first kappa shape index (κ1) is 21.8. The van der Waals surface area contributed by atoms with E-state index in [-0.39, 0.29) is 21.8 Å². The van der Waals surface area contributed by atoms with Gasteiger partial charge in [-0.1, -0.05) is 43.1 Å². The lowest BCUT2D eigenvalue weighted by molar-refractivity contribution is -0.137. The van der Waals surface area contributed by atoms with Crippen molar-refractivity contribution < 1.29 is 18.0 Å². The molecule has 3 nitrogen and oxygen atoms in total. The molecule has 0 atom stereocenters. The minimum absolute atomic E-state index is 0.0155. The van der Waals surface area contributed by atoms with Crippen LogP contribution in [0, 0.1) is 0 Å². The van der Waals surface area contributed by atoms with E-state index in [9.17, 15) is 18.0 Å². The maximum absolute atomic E-state index is 13.3. The zero-order valence-corrected chi connectivity index (χ0v) is 17.0. The van der Waals surface area contributed by atoms with E-state index in [1.54, 1.807) is 0 Å². The number of nitrogens with zero attached hydrogens (tertiary/aromatic N) is 1. The van der Waals surface area contributed by atoms with Gasteiger partial charge in [0.25, 0.3) is 5.91 Å². The Morgan fingerprint density at radius 2 is 1.83 bits per heavy atom. The van der Waals surface area contributed by atoms with E-state index < -0.39 is 17.6 Å². The van der Waals surface area contributed by atoms with Gasteiger partial charge in [-0.15, -0.1) is 0 Å². The molecule has 3 rings (SSSR count). The van der Waals surface area contributed by atoms with Gasteiger partial charge in [0.05, 0.1) is 16.3 Å². The first-order valence-corrected chi connectivity index (χ1v) is 9.90. The summed E-state index contributed by atoms with van der Waals surface area (Å²) < 4.78 is 39.8. The molecule has 30 heavy (non-hydrogen) atoms. The lowest BCUT2D eigenvalue weighted by Crippen LogP contribution is -2.12. The van der Waals surface area contributed by atoms with Crippen molar-refractivity contribution in [2.75, 3.05) is 5.32 Å². The number of anilines is 1. The molecular weight excluding hydrogens is 413 g/mol. The van der Waals surface area contributed by atoms with Crippen molar-refractivity contribution in [1.82, 2.24) is 4.98 Å². The lowest BCUT2D eigenvalue weighted by atomic mass is 10.0. The van der Waals surface area contributed by atoms with Crippen LogP contribution in [0.15, 0.2) is 60.8 Å². The van der Waals surface area contributed by atoms with Gasteiger partial charge in [-0.05, 0) is 54.8 Å². The summed E-state index contributed by atoms with van der Waals surface area (Å²) in [6.45, 7) is 2.13. The number of pyridine rings is 1. The zero-order chi connectivity index (χ0) is 21.7. The first-order valence-electron chi connectivity index (χ1n) is 9.52. The third-order valence-corrected chi connectivity index (χ3v) is 4.94. The average molecular weight is 433 g/mol. The van der Waals surface area contributed by atoms with E-state index in [0.717, 1.165) is 25.3 Å². The number of unbranched alkanes of at least 4 members (excludes halogenated alkanes) is 1. The van der Waals surface area contributed by atoms with E-state index in [0.29, 0.717) is 5.69 Å². The van der Waals surface area contributed by atoms with Crippen LogP contribution in [-0.2, 0) is 12.6 Å². The smallest absolute Gasteiger partial charge is 0.322 e. The fourth-order valence-electron chi connectivity index (χ4n) is 3.04. The summed E-state index contributed by atoms with van der Waals surface area (Å²) >= 11 is 6.21. The van der Waals surface area contributed by atoms with Gasteiger partial charge in [0.1, 0.15) is 0 Å². The summed E-state index contributed by atoms with van der Waals surface area (Å²) in [7, 11) is 0. The summed E-state index contributed by atoms with van der Waals surface area (Å²) in [6.07, 6.45) is -0.103. The Bertz CT molecular complexity index is 1030. The molecule has 1 amide bonds. The van der Waals surface area contributed by atoms with Crippen molar-refractivity contribution in [1.29, 1.82) is 0 Å². The molecule has 0 spiro atoms. The molecule has 0 fully saturated rings. The second-order valence-electron chi connectivity index (χ2n) is 6.85. The zero-order valence-electron chi connectivity index (χ0n) is 16.3. The van der Waals surface area contributed by atoms with E-state index in [1.165, 1.54) is 36.0 Å². The van der Waals surface area contributed by atoms with Crippen molar-refractivity contribution >= 4 is 23.2 Å². The molecule has 0 saturated heterocycles. The van der Waals surface area contributed by atoms with Crippen LogP contribution < -0.4 is 5.32 Å². The number of carbonyl (C=O) groups excluding carboxylic acids is 1. The minimum Gasteiger partial charge on any atom is -0.322 e. The molecule has 3 aromatic rings. The number of amides is 1. The van der Waals surface area contributed by atoms with Crippen LogP contribution in [0.5, 0.6) is 0 Å². The van der Waals surface area contributed by atoms with E-state index >= 15 is 0 Å². The Hall–Kier alpha value is -2.86. The van der Waals surface area contributed by atoms with Crippen molar-refractivity contribution in [2.45, 2.75) is 32.4 Å². The number of nitrogens with one attached hydrogen (secondary N) is 1. The van der Waals surface area contributed by atoms with Crippen LogP contribution in [0.3, 0.4) is 0 Å². The summed E-state index contributed by atoms with van der Waals surface area (Å²) in [5.74, 6) is -0.401. The Morgan fingerprint density at radius 3 is 2.47 bits per heavy atom. The summed E-state index contributed by atoms with van der Waals surface area (Å²) in [5.41, 5.74) is 1.02. The predicted octanol–water partition coefficient (Wildman–Crippen LogP) is 7.02. The highest BCUT2D eigenvalue weighted by Crippen LogP contribution is 2.38. The molecule has 0 bridgehead atoms. The van der Waals surface area contributed by atoms with Crippen LogP contribution in [-0.4, -0.2) is 10.9 Å². The van der Waals surface area contributed by atoms with Crippen LogP contribution in [0.4, 0.5) is 18.9 Å². The third-order valence-electron chi connectivity index (χ3n) is 4.63. The van der Waals surface area contributed by atoms with E-state index in [4.69, 9.17) is 11.6 Å². The highest BCUT2D eigenvalue weighted by Gasteiger charge is 2.34. The first-order chi connectivity index (χ1) is 14.3. The Balaban J connectivity index is 1.80. The summed E-state index contributed by atoms with van der Waals surface area (Å²) in [6, 6.07) is 13.9. The topological polar surface area (TPSA) is 42.0 Å². The number of carbonyl (C=O) groups is 1. The third kappa shape index (κ3) is 5.19. The van der Waals surface area contributed by atoms with Crippen molar-refractivity contribution in [3.8, 4) is 11.3 Å². The van der Waals surface area contributed by atoms with Gasteiger partial charge in [0.2, 0.25) is 0 Å². The number of benzene rings is 2. The highest BCUT2D eigenvalue weighted by atomic mass is 35.5. The molecule has 1 N–H and O–H groups in total. The monoisotopic (exact) mass is 432 g/mol. The normalized spacial score (nSPS) is 11.4. The van der Waals surface area contributed by atoms with Crippen LogP contribution in [0.25, 0.3) is 11.3 Å². The number of halogens is 4. The van der Waals surface area contributed by atoms with Crippen molar-refractivity contribution in [3.63, 3.8) is 0 Å². The average Bonchev–Trinajstić information content (AvgIpc) is 2.72. The van der Waals surface area contributed by atoms with Crippen molar-refractivity contribution in [2.24, 2.45) is 0 Å². The molecule has 1 heterocycles. The Morgan fingerprint density at radius 1 is 1.10 bits per heavy atom. The molecule has 0 radical (unpaired) electrons. The quantitative estimate of drug-likeness (QED) is 0.455. The van der Waals surface area contributed by atoms with Gasteiger partial charge in [0.15, 0.2) is 0 Å².